The molecule has 0 aromatic heterocycles. The van der Waals surface area contributed by atoms with Crippen LogP contribution in [-0.4, -0.2) is 18.8 Å². The number of hydrogen-bond acceptors (Lipinski definition) is 2. The van der Waals surface area contributed by atoms with Crippen LogP contribution in [0.4, 0.5) is 0 Å². The topological polar surface area (TPSA) is 21.3 Å². The molecule has 0 heterocycles. The number of fused-ring (bicyclic) bond motifs is 1. The molecule has 0 aliphatic heterocycles. The third-order valence-electron chi connectivity index (χ3n) is 3.96. The Morgan fingerprint density at radius 1 is 1.11 bits per heavy atom. The molecule has 3 rings (SSSR count). The van der Waals surface area contributed by atoms with Gasteiger partial charge >= 0.3 is 0 Å². The maximum atomic E-state index is 5.59. The molecule has 19 heavy (non-hydrogen) atoms. The van der Waals surface area contributed by atoms with Gasteiger partial charge in [-0.2, -0.15) is 0 Å². The molecule has 0 radical (unpaired) electrons. The minimum Gasteiger partial charge on any atom is -0.378 e. The second-order valence-electron chi connectivity index (χ2n) is 5.26. The molecule has 100 valence electrons. The van der Waals surface area contributed by atoms with Crippen molar-refractivity contribution in [3.63, 3.8) is 0 Å². The number of benzene rings is 2. The normalized spacial score (nSPS) is 22.4. The zero-order valence-electron chi connectivity index (χ0n) is 11.4. The Kier molecular flexibility index (Phi) is 3.81. The van der Waals surface area contributed by atoms with Crippen molar-refractivity contribution in [3.05, 3.63) is 48.0 Å². The summed E-state index contributed by atoms with van der Waals surface area (Å²) < 4.78 is 5.59. The van der Waals surface area contributed by atoms with Crippen molar-refractivity contribution in [2.24, 2.45) is 0 Å². The monoisotopic (exact) mass is 255 g/mol. The molecule has 0 amide bonds. The molecule has 1 aliphatic carbocycles. The van der Waals surface area contributed by atoms with Gasteiger partial charge in [0.25, 0.3) is 0 Å². The van der Waals surface area contributed by atoms with Gasteiger partial charge < -0.3 is 10.1 Å². The summed E-state index contributed by atoms with van der Waals surface area (Å²) in [5.41, 5.74) is 1.39. The van der Waals surface area contributed by atoms with Crippen molar-refractivity contribution >= 4 is 10.8 Å². The lowest BCUT2D eigenvalue weighted by Crippen LogP contribution is -2.45. The summed E-state index contributed by atoms with van der Waals surface area (Å²) >= 11 is 0. The highest BCUT2D eigenvalue weighted by Gasteiger charge is 2.28. The molecule has 2 heteroatoms. The summed E-state index contributed by atoms with van der Waals surface area (Å²) in [5.74, 6) is 0. The third-order valence-corrected chi connectivity index (χ3v) is 3.96. The summed E-state index contributed by atoms with van der Waals surface area (Å²) in [4.78, 5) is 0. The van der Waals surface area contributed by atoms with Gasteiger partial charge in [0.15, 0.2) is 0 Å². The van der Waals surface area contributed by atoms with Gasteiger partial charge in [-0.1, -0.05) is 42.5 Å². The second kappa shape index (κ2) is 5.72. The minimum absolute atomic E-state index is 0.481. The van der Waals surface area contributed by atoms with E-state index in [1.807, 2.05) is 0 Å². The van der Waals surface area contributed by atoms with Crippen molar-refractivity contribution in [3.8, 4) is 0 Å². The fourth-order valence-electron chi connectivity index (χ4n) is 2.81. The highest BCUT2D eigenvalue weighted by molar-refractivity contribution is 5.85. The summed E-state index contributed by atoms with van der Waals surface area (Å²) in [6.07, 6.45) is 2.78. The van der Waals surface area contributed by atoms with Crippen LogP contribution in [0, 0.1) is 0 Å². The van der Waals surface area contributed by atoms with Gasteiger partial charge in [0.2, 0.25) is 0 Å². The van der Waals surface area contributed by atoms with Crippen LogP contribution < -0.4 is 5.32 Å². The number of rotatable bonds is 5. The Balaban J connectivity index is 1.60. The molecule has 2 aromatic carbocycles. The SMILES string of the molecule is CCOC1CC(NCc2cccc3ccccc23)C1. The summed E-state index contributed by atoms with van der Waals surface area (Å²) in [5, 5.41) is 6.32. The van der Waals surface area contributed by atoms with E-state index >= 15 is 0 Å². The number of hydrogen-bond donors (Lipinski definition) is 1. The molecule has 1 fully saturated rings. The van der Waals surface area contributed by atoms with E-state index in [-0.39, 0.29) is 0 Å². The molecule has 1 aliphatic rings. The van der Waals surface area contributed by atoms with Crippen LogP contribution in [-0.2, 0) is 11.3 Å². The van der Waals surface area contributed by atoms with Crippen molar-refractivity contribution in [1.29, 1.82) is 0 Å². The Labute approximate surface area is 114 Å². The zero-order chi connectivity index (χ0) is 13.1. The fraction of sp³-hybridized carbons (Fsp3) is 0.412. The lowest BCUT2D eigenvalue weighted by atomic mass is 9.89. The van der Waals surface area contributed by atoms with Crippen molar-refractivity contribution in [1.82, 2.24) is 5.32 Å². The van der Waals surface area contributed by atoms with Crippen LogP contribution in [0.2, 0.25) is 0 Å². The first-order valence-corrected chi connectivity index (χ1v) is 7.18. The largest absolute Gasteiger partial charge is 0.378 e. The quantitative estimate of drug-likeness (QED) is 0.883. The molecule has 0 bridgehead atoms. The molecule has 0 spiro atoms. The molecule has 0 saturated heterocycles. The second-order valence-corrected chi connectivity index (χ2v) is 5.26. The fourth-order valence-corrected chi connectivity index (χ4v) is 2.81. The van der Waals surface area contributed by atoms with E-state index in [4.69, 9.17) is 4.74 Å². The van der Waals surface area contributed by atoms with Gasteiger partial charge in [-0.25, -0.2) is 0 Å². The van der Waals surface area contributed by atoms with E-state index in [1.54, 1.807) is 0 Å². The van der Waals surface area contributed by atoms with E-state index < -0.39 is 0 Å². The molecular weight excluding hydrogens is 234 g/mol. The average molecular weight is 255 g/mol. The first kappa shape index (κ1) is 12.6. The van der Waals surface area contributed by atoms with E-state index in [1.165, 1.54) is 16.3 Å². The van der Waals surface area contributed by atoms with Crippen LogP contribution in [0.3, 0.4) is 0 Å². The Bertz CT molecular complexity index is 540. The van der Waals surface area contributed by atoms with E-state index in [0.29, 0.717) is 12.1 Å². The van der Waals surface area contributed by atoms with E-state index in [9.17, 15) is 0 Å². The number of ether oxygens (including phenoxy) is 1. The highest BCUT2D eigenvalue weighted by atomic mass is 16.5. The molecule has 1 saturated carbocycles. The average Bonchev–Trinajstić information content (AvgIpc) is 2.41. The Hall–Kier alpha value is -1.38. The van der Waals surface area contributed by atoms with Gasteiger partial charge in [0.1, 0.15) is 0 Å². The van der Waals surface area contributed by atoms with Gasteiger partial charge in [0, 0.05) is 19.2 Å². The smallest absolute Gasteiger partial charge is 0.0604 e. The Morgan fingerprint density at radius 3 is 2.74 bits per heavy atom. The van der Waals surface area contributed by atoms with E-state index in [2.05, 4.69) is 54.7 Å². The van der Waals surface area contributed by atoms with Crippen LogP contribution in [0.25, 0.3) is 10.8 Å². The molecule has 1 N–H and O–H groups in total. The summed E-state index contributed by atoms with van der Waals surface area (Å²) in [6.45, 7) is 3.85. The first-order chi connectivity index (χ1) is 9.36. The van der Waals surface area contributed by atoms with Gasteiger partial charge in [-0.05, 0) is 36.1 Å². The Morgan fingerprint density at radius 2 is 1.89 bits per heavy atom. The summed E-state index contributed by atoms with van der Waals surface area (Å²) in [7, 11) is 0. The van der Waals surface area contributed by atoms with E-state index in [0.717, 1.165) is 26.0 Å². The first-order valence-electron chi connectivity index (χ1n) is 7.18. The van der Waals surface area contributed by atoms with Crippen LogP contribution >= 0.6 is 0 Å². The van der Waals surface area contributed by atoms with Crippen LogP contribution in [0.1, 0.15) is 25.3 Å². The van der Waals surface area contributed by atoms with Crippen LogP contribution in [0.5, 0.6) is 0 Å². The lowest BCUT2D eigenvalue weighted by Gasteiger charge is -2.35. The lowest BCUT2D eigenvalue weighted by molar-refractivity contribution is -0.0102. The van der Waals surface area contributed by atoms with Crippen LogP contribution in [0.15, 0.2) is 42.5 Å². The number of nitrogens with one attached hydrogen (secondary N) is 1. The molecule has 0 unspecified atom stereocenters. The molecule has 2 aromatic rings. The predicted molar refractivity (Wildman–Crippen MR) is 79.2 cm³/mol. The van der Waals surface area contributed by atoms with Crippen molar-refractivity contribution in [2.75, 3.05) is 6.61 Å². The van der Waals surface area contributed by atoms with Gasteiger partial charge in [-0.3, -0.25) is 0 Å². The maximum absolute atomic E-state index is 5.59. The zero-order valence-corrected chi connectivity index (χ0v) is 11.4. The standard InChI is InChI=1S/C17H21NO/c1-2-19-16-10-15(11-16)18-12-14-8-5-7-13-6-3-4-9-17(13)14/h3-9,15-16,18H,2,10-12H2,1H3. The van der Waals surface area contributed by atoms with Crippen molar-refractivity contribution in [2.45, 2.75) is 38.5 Å². The van der Waals surface area contributed by atoms with Gasteiger partial charge in [0.05, 0.1) is 6.10 Å². The predicted octanol–water partition coefficient (Wildman–Crippen LogP) is 3.50. The molecule has 0 atom stereocenters. The van der Waals surface area contributed by atoms with Crippen molar-refractivity contribution < 1.29 is 4.74 Å². The highest BCUT2D eigenvalue weighted by Crippen LogP contribution is 2.24. The maximum Gasteiger partial charge on any atom is 0.0604 e. The van der Waals surface area contributed by atoms with Gasteiger partial charge in [-0.15, -0.1) is 0 Å². The summed E-state index contributed by atoms with van der Waals surface area (Å²) in [6, 6.07) is 15.7. The minimum atomic E-state index is 0.481. The molecular formula is C17H21NO. The molecule has 2 nitrogen and oxygen atoms in total. The third kappa shape index (κ3) is 2.80.